The minimum Gasteiger partial charge on any atom is -0.348 e. The molecule has 0 aliphatic carbocycles. The van der Waals surface area contributed by atoms with Crippen molar-refractivity contribution in [2.45, 2.75) is 52.2 Å². The number of halogens is 1. The van der Waals surface area contributed by atoms with Gasteiger partial charge in [0.1, 0.15) is 5.82 Å². The summed E-state index contributed by atoms with van der Waals surface area (Å²) >= 11 is 0. The first-order valence-electron chi connectivity index (χ1n) is 9.83. The lowest BCUT2D eigenvalue weighted by Crippen LogP contribution is -2.27. The van der Waals surface area contributed by atoms with E-state index in [0.29, 0.717) is 24.7 Å². The van der Waals surface area contributed by atoms with Gasteiger partial charge < -0.3 is 9.47 Å². The second-order valence-corrected chi connectivity index (χ2v) is 7.15. The number of unbranched alkanes of at least 4 members (excludes halogenated alkanes) is 2. The molecule has 0 amide bonds. The minimum absolute atomic E-state index is 0.232. The molecule has 140 valence electrons. The van der Waals surface area contributed by atoms with Gasteiger partial charge in [-0.1, -0.05) is 69.5 Å². The summed E-state index contributed by atoms with van der Waals surface area (Å²) in [5, 5.41) is 0. The topological polar surface area (TPSA) is 18.5 Å². The SMILES string of the molecule is CCCCCC1COC(c2ccc(-c3ccc(CC)cc3)c(F)c2)OC1. The summed E-state index contributed by atoms with van der Waals surface area (Å²) in [7, 11) is 0. The first-order valence-corrected chi connectivity index (χ1v) is 9.83. The Bertz CT molecular complexity index is 688. The molecule has 0 aromatic heterocycles. The van der Waals surface area contributed by atoms with E-state index in [-0.39, 0.29) is 5.82 Å². The molecule has 2 nitrogen and oxygen atoms in total. The normalized spacial score (nSPS) is 20.3. The van der Waals surface area contributed by atoms with Crippen LogP contribution in [0.15, 0.2) is 42.5 Å². The number of hydrogen-bond donors (Lipinski definition) is 0. The van der Waals surface area contributed by atoms with Crippen LogP contribution in [0.2, 0.25) is 0 Å². The van der Waals surface area contributed by atoms with Gasteiger partial charge in [-0.3, -0.25) is 0 Å². The smallest absolute Gasteiger partial charge is 0.183 e. The molecule has 0 N–H and O–H groups in total. The van der Waals surface area contributed by atoms with E-state index in [9.17, 15) is 4.39 Å². The van der Waals surface area contributed by atoms with Crippen molar-refractivity contribution in [3.05, 3.63) is 59.4 Å². The molecule has 3 heteroatoms. The highest BCUT2D eigenvalue weighted by molar-refractivity contribution is 5.64. The highest BCUT2D eigenvalue weighted by Gasteiger charge is 2.24. The van der Waals surface area contributed by atoms with Gasteiger partial charge in [0.2, 0.25) is 0 Å². The van der Waals surface area contributed by atoms with Crippen molar-refractivity contribution in [1.82, 2.24) is 0 Å². The summed E-state index contributed by atoms with van der Waals surface area (Å²) in [6.45, 7) is 5.70. The molecule has 3 rings (SSSR count). The van der Waals surface area contributed by atoms with Gasteiger partial charge in [0.25, 0.3) is 0 Å². The van der Waals surface area contributed by atoms with E-state index < -0.39 is 6.29 Å². The zero-order valence-electron chi connectivity index (χ0n) is 15.8. The molecule has 0 bridgehead atoms. The van der Waals surface area contributed by atoms with E-state index in [2.05, 4.69) is 26.0 Å². The molecule has 1 saturated heterocycles. The second kappa shape index (κ2) is 9.29. The lowest BCUT2D eigenvalue weighted by molar-refractivity contribution is -0.206. The molecular weight excluding hydrogens is 327 g/mol. The molecule has 1 aliphatic heterocycles. The fraction of sp³-hybridized carbons (Fsp3) is 0.478. The summed E-state index contributed by atoms with van der Waals surface area (Å²) in [6.07, 6.45) is 5.37. The van der Waals surface area contributed by atoms with Gasteiger partial charge in [0.05, 0.1) is 13.2 Å². The fourth-order valence-electron chi connectivity index (χ4n) is 3.42. The van der Waals surface area contributed by atoms with Crippen LogP contribution in [0, 0.1) is 11.7 Å². The average molecular weight is 356 g/mol. The van der Waals surface area contributed by atoms with E-state index in [1.165, 1.54) is 24.8 Å². The number of hydrogen-bond acceptors (Lipinski definition) is 2. The molecule has 1 heterocycles. The van der Waals surface area contributed by atoms with E-state index in [1.807, 2.05) is 24.3 Å². The molecule has 1 aliphatic rings. The summed E-state index contributed by atoms with van der Waals surface area (Å²) in [5.74, 6) is 0.225. The van der Waals surface area contributed by atoms with Gasteiger partial charge >= 0.3 is 0 Å². The zero-order valence-corrected chi connectivity index (χ0v) is 15.8. The lowest BCUT2D eigenvalue weighted by Gasteiger charge is -2.29. The van der Waals surface area contributed by atoms with Crippen molar-refractivity contribution in [1.29, 1.82) is 0 Å². The maximum Gasteiger partial charge on any atom is 0.183 e. The maximum atomic E-state index is 14.6. The van der Waals surface area contributed by atoms with Gasteiger partial charge in [0, 0.05) is 17.0 Å². The molecule has 2 aromatic carbocycles. The van der Waals surface area contributed by atoms with Crippen molar-refractivity contribution in [3.63, 3.8) is 0 Å². The number of aryl methyl sites for hydroxylation is 1. The largest absolute Gasteiger partial charge is 0.348 e. The standard InChI is InChI=1S/C23H29FO2/c1-3-5-6-7-18-15-25-23(26-16-18)20-12-13-21(22(24)14-20)19-10-8-17(4-2)9-11-19/h8-14,18,23H,3-7,15-16H2,1-2H3. The molecule has 0 saturated carbocycles. The van der Waals surface area contributed by atoms with E-state index in [4.69, 9.17) is 9.47 Å². The Morgan fingerprint density at radius 1 is 0.962 bits per heavy atom. The Balaban J connectivity index is 1.62. The quantitative estimate of drug-likeness (QED) is 0.542. The van der Waals surface area contributed by atoms with E-state index >= 15 is 0 Å². The summed E-state index contributed by atoms with van der Waals surface area (Å²) < 4.78 is 26.3. The Kier molecular flexibility index (Phi) is 6.81. The third-order valence-corrected chi connectivity index (χ3v) is 5.12. The Morgan fingerprint density at radius 2 is 1.69 bits per heavy atom. The van der Waals surface area contributed by atoms with E-state index in [1.54, 1.807) is 6.07 Å². The van der Waals surface area contributed by atoms with Crippen molar-refractivity contribution in [3.8, 4) is 11.1 Å². The first-order chi connectivity index (χ1) is 12.7. The van der Waals surface area contributed by atoms with Crippen LogP contribution in [0.3, 0.4) is 0 Å². The molecule has 1 fully saturated rings. The summed E-state index contributed by atoms with van der Waals surface area (Å²) in [5.41, 5.74) is 3.52. The third-order valence-electron chi connectivity index (χ3n) is 5.12. The van der Waals surface area contributed by atoms with Crippen LogP contribution in [0.1, 0.15) is 56.9 Å². The molecular formula is C23H29FO2. The van der Waals surface area contributed by atoms with Gasteiger partial charge in [-0.15, -0.1) is 0 Å². The van der Waals surface area contributed by atoms with Gasteiger partial charge in [-0.25, -0.2) is 4.39 Å². The molecule has 26 heavy (non-hydrogen) atoms. The highest BCUT2D eigenvalue weighted by Crippen LogP contribution is 2.31. The Hall–Kier alpha value is -1.71. The van der Waals surface area contributed by atoms with Crippen LogP contribution in [0.25, 0.3) is 11.1 Å². The van der Waals surface area contributed by atoms with Crippen LogP contribution < -0.4 is 0 Å². The van der Waals surface area contributed by atoms with Crippen LogP contribution in [0.5, 0.6) is 0 Å². The minimum atomic E-state index is -0.455. The third kappa shape index (κ3) is 4.72. The number of rotatable bonds is 7. The predicted octanol–water partition coefficient (Wildman–Crippen LogP) is 6.30. The Labute approximate surface area is 156 Å². The molecule has 0 atom stereocenters. The summed E-state index contributed by atoms with van der Waals surface area (Å²) in [6, 6.07) is 13.3. The van der Waals surface area contributed by atoms with Crippen molar-refractivity contribution < 1.29 is 13.9 Å². The maximum absolute atomic E-state index is 14.6. The zero-order chi connectivity index (χ0) is 18.4. The van der Waals surface area contributed by atoms with Gasteiger partial charge in [-0.2, -0.15) is 0 Å². The number of benzene rings is 2. The van der Waals surface area contributed by atoms with Crippen LogP contribution in [-0.2, 0) is 15.9 Å². The summed E-state index contributed by atoms with van der Waals surface area (Å²) in [4.78, 5) is 0. The van der Waals surface area contributed by atoms with Crippen molar-refractivity contribution >= 4 is 0 Å². The molecule has 0 spiro atoms. The van der Waals surface area contributed by atoms with Gasteiger partial charge in [-0.05, 0) is 30.0 Å². The first kappa shape index (κ1) is 19.1. The van der Waals surface area contributed by atoms with E-state index in [0.717, 1.165) is 24.0 Å². The molecule has 2 aromatic rings. The molecule has 0 radical (unpaired) electrons. The van der Waals surface area contributed by atoms with Crippen molar-refractivity contribution in [2.24, 2.45) is 5.92 Å². The van der Waals surface area contributed by atoms with Crippen LogP contribution >= 0.6 is 0 Å². The fourth-order valence-corrected chi connectivity index (χ4v) is 3.42. The number of ether oxygens (including phenoxy) is 2. The predicted molar refractivity (Wildman–Crippen MR) is 103 cm³/mol. The second-order valence-electron chi connectivity index (χ2n) is 7.15. The average Bonchev–Trinajstić information content (AvgIpc) is 2.69. The molecule has 0 unspecified atom stereocenters. The highest BCUT2D eigenvalue weighted by atomic mass is 19.1. The van der Waals surface area contributed by atoms with Crippen LogP contribution in [0.4, 0.5) is 4.39 Å². The Morgan fingerprint density at radius 3 is 2.31 bits per heavy atom. The van der Waals surface area contributed by atoms with Crippen LogP contribution in [-0.4, -0.2) is 13.2 Å². The lowest BCUT2D eigenvalue weighted by atomic mass is 10.00. The van der Waals surface area contributed by atoms with Crippen molar-refractivity contribution in [2.75, 3.05) is 13.2 Å². The monoisotopic (exact) mass is 356 g/mol. The van der Waals surface area contributed by atoms with Gasteiger partial charge in [0.15, 0.2) is 6.29 Å².